The molecule has 1 atom stereocenters. The molecule has 0 bridgehead atoms. The van der Waals surface area contributed by atoms with Gasteiger partial charge in [0.2, 0.25) is 5.91 Å². The Morgan fingerprint density at radius 3 is 3.00 bits per heavy atom. The highest BCUT2D eigenvalue weighted by molar-refractivity contribution is 6.18. The average Bonchev–Trinajstić information content (AvgIpc) is 2.66. The first-order valence-corrected chi connectivity index (χ1v) is 4.84. The molecule has 6 nitrogen and oxygen atoms in total. The first-order valence-electron chi connectivity index (χ1n) is 4.30. The predicted octanol–water partition coefficient (Wildman–Crippen LogP) is -1.19. The van der Waals surface area contributed by atoms with Crippen LogP contribution in [0, 0.1) is 0 Å². The molecule has 0 aliphatic rings. The average molecular weight is 235 g/mol. The second-order valence-corrected chi connectivity index (χ2v) is 3.25. The number of carbonyl (C=O) groups excluding carboxylic acids is 1. The zero-order valence-electron chi connectivity index (χ0n) is 8.16. The largest absolute Gasteiger partial charge is 0.412 e. The quantitative estimate of drug-likeness (QED) is 0.557. The molecule has 1 rings (SSSR count). The lowest BCUT2D eigenvalue weighted by Crippen LogP contribution is -2.42. The highest BCUT2D eigenvalue weighted by atomic mass is 35.5. The second kappa shape index (κ2) is 7.22. The minimum atomic E-state index is -0.557. The van der Waals surface area contributed by atoms with Crippen LogP contribution in [0.4, 0.5) is 0 Å². The summed E-state index contributed by atoms with van der Waals surface area (Å²) < 4.78 is 0. The lowest BCUT2D eigenvalue weighted by molar-refractivity contribution is -0.122. The number of amides is 1. The highest BCUT2D eigenvalue weighted by Gasteiger charge is 2.13. The zero-order valence-corrected chi connectivity index (χ0v) is 8.92. The number of nitrogens with one attached hydrogen (secondary N) is 2. The van der Waals surface area contributed by atoms with Gasteiger partial charge in [-0.15, -0.1) is 11.6 Å². The molecule has 0 unspecified atom stereocenters. The van der Waals surface area contributed by atoms with E-state index in [2.05, 4.69) is 15.3 Å². The van der Waals surface area contributed by atoms with Crippen LogP contribution in [0.2, 0.25) is 0 Å². The molecule has 0 aliphatic heterocycles. The summed E-state index contributed by atoms with van der Waals surface area (Å²) in [7, 11) is 0. The fourth-order valence-corrected chi connectivity index (χ4v) is 1.12. The van der Waals surface area contributed by atoms with E-state index in [1.807, 2.05) is 0 Å². The van der Waals surface area contributed by atoms with Gasteiger partial charge in [0.15, 0.2) is 0 Å². The Balaban J connectivity index is 0.00000196. The fraction of sp³-hybridized carbons (Fsp3) is 0.500. The van der Waals surface area contributed by atoms with E-state index in [0.29, 0.717) is 18.8 Å². The molecule has 7 heteroatoms. The third-order valence-corrected chi connectivity index (χ3v) is 1.91. The Morgan fingerprint density at radius 2 is 2.47 bits per heavy atom. The number of H-pyrrole nitrogens is 1. The summed E-state index contributed by atoms with van der Waals surface area (Å²) in [6.45, 7) is 0.442. The number of aromatic nitrogens is 2. The van der Waals surface area contributed by atoms with Crippen LogP contribution in [0.25, 0.3) is 0 Å². The molecular weight excluding hydrogens is 220 g/mol. The van der Waals surface area contributed by atoms with Crippen LogP contribution in [0.3, 0.4) is 0 Å². The van der Waals surface area contributed by atoms with Gasteiger partial charge >= 0.3 is 0 Å². The Kier molecular flexibility index (Phi) is 6.68. The lowest BCUT2D eigenvalue weighted by Gasteiger charge is -2.09. The number of rotatable bonds is 5. The van der Waals surface area contributed by atoms with Gasteiger partial charge in [0.25, 0.3) is 0 Å². The fourth-order valence-electron chi connectivity index (χ4n) is 1.03. The van der Waals surface area contributed by atoms with E-state index in [-0.39, 0.29) is 11.4 Å². The van der Waals surface area contributed by atoms with E-state index in [4.69, 9.17) is 17.3 Å². The van der Waals surface area contributed by atoms with Crippen molar-refractivity contribution in [2.24, 2.45) is 5.73 Å². The van der Waals surface area contributed by atoms with Crippen LogP contribution in [0.15, 0.2) is 12.5 Å². The van der Waals surface area contributed by atoms with Gasteiger partial charge in [-0.2, -0.15) is 0 Å². The SMILES string of the molecule is N[C@@H](Cc1cnc[nH]1)C(=O)NCCCl.O. The van der Waals surface area contributed by atoms with E-state index in [0.717, 1.165) is 5.69 Å². The molecule has 0 spiro atoms. The molecule has 0 radical (unpaired) electrons. The van der Waals surface area contributed by atoms with Crippen LogP contribution >= 0.6 is 11.6 Å². The first kappa shape index (κ1) is 13.9. The monoisotopic (exact) mass is 234 g/mol. The zero-order chi connectivity index (χ0) is 10.4. The molecule has 0 fully saturated rings. The maximum atomic E-state index is 11.3. The van der Waals surface area contributed by atoms with E-state index in [1.54, 1.807) is 12.5 Å². The van der Waals surface area contributed by atoms with Crippen molar-refractivity contribution in [3.05, 3.63) is 18.2 Å². The number of imidazole rings is 1. The number of aromatic amines is 1. The molecular formula is C8H15ClN4O2. The molecule has 0 aromatic carbocycles. The number of alkyl halides is 1. The molecule has 0 saturated carbocycles. The lowest BCUT2D eigenvalue weighted by atomic mass is 10.1. The Morgan fingerprint density at radius 1 is 1.73 bits per heavy atom. The normalized spacial score (nSPS) is 11.6. The number of halogens is 1. The molecule has 15 heavy (non-hydrogen) atoms. The summed E-state index contributed by atoms with van der Waals surface area (Å²) in [6, 6.07) is -0.557. The van der Waals surface area contributed by atoms with Crippen LogP contribution in [0.5, 0.6) is 0 Å². The van der Waals surface area contributed by atoms with Crippen molar-refractivity contribution in [2.45, 2.75) is 12.5 Å². The second-order valence-electron chi connectivity index (χ2n) is 2.87. The van der Waals surface area contributed by atoms with Gasteiger partial charge in [0.1, 0.15) is 0 Å². The standard InChI is InChI=1S/C8H13ClN4O.H2O/c9-1-2-12-8(14)7(10)3-6-4-11-5-13-6;/h4-5,7H,1-3,10H2,(H,11,13)(H,12,14);1H2/t7-;/m0./s1. The smallest absolute Gasteiger partial charge is 0.237 e. The van der Waals surface area contributed by atoms with Crippen LogP contribution in [-0.4, -0.2) is 39.8 Å². The maximum Gasteiger partial charge on any atom is 0.237 e. The molecule has 1 aromatic heterocycles. The van der Waals surface area contributed by atoms with Crippen LogP contribution in [-0.2, 0) is 11.2 Å². The van der Waals surface area contributed by atoms with Crippen molar-refractivity contribution in [1.29, 1.82) is 0 Å². The van der Waals surface area contributed by atoms with Crippen LogP contribution in [0.1, 0.15) is 5.69 Å². The number of carbonyl (C=O) groups is 1. The van der Waals surface area contributed by atoms with Gasteiger partial charge in [-0.1, -0.05) is 0 Å². The summed E-state index contributed by atoms with van der Waals surface area (Å²) in [4.78, 5) is 18.0. The summed E-state index contributed by atoms with van der Waals surface area (Å²) in [6.07, 6.45) is 3.65. The first-order chi connectivity index (χ1) is 6.74. The number of nitrogens with two attached hydrogens (primary N) is 1. The Bertz CT molecular complexity index is 278. The third-order valence-electron chi connectivity index (χ3n) is 1.73. The van der Waals surface area contributed by atoms with Crippen LogP contribution < -0.4 is 11.1 Å². The van der Waals surface area contributed by atoms with E-state index in [9.17, 15) is 4.79 Å². The molecule has 1 amide bonds. The van der Waals surface area contributed by atoms with Crippen molar-refractivity contribution < 1.29 is 10.3 Å². The van der Waals surface area contributed by atoms with Crippen molar-refractivity contribution >= 4 is 17.5 Å². The maximum absolute atomic E-state index is 11.3. The van der Waals surface area contributed by atoms with E-state index < -0.39 is 6.04 Å². The van der Waals surface area contributed by atoms with Crippen molar-refractivity contribution in [3.8, 4) is 0 Å². The molecule has 0 aliphatic carbocycles. The Hall–Kier alpha value is -1.11. The summed E-state index contributed by atoms with van der Waals surface area (Å²) >= 11 is 5.42. The van der Waals surface area contributed by atoms with E-state index in [1.165, 1.54) is 0 Å². The molecule has 1 heterocycles. The number of nitrogens with zero attached hydrogens (tertiary/aromatic N) is 1. The van der Waals surface area contributed by atoms with Gasteiger partial charge in [0, 0.05) is 30.7 Å². The van der Waals surface area contributed by atoms with E-state index >= 15 is 0 Å². The molecule has 1 aromatic rings. The topological polar surface area (TPSA) is 115 Å². The van der Waals surface area contributed by atoms with Gasteiger partial charge in [-0.3, -0.25) is 4.79 Å². The van der Waals surface area contributed by atoms with Crippen molar-refractivity contribution in [3.63, 3.8) is 0 Å². The minimum Gasteiger partial charge on any atom is -0.412 e. The third kappa shape index (κ3) is 4.78. The van der Waals surface area contributed by atoms with Gasteiger partial charge in [0.05, 0.1) is 12.4 Å². The highest BCUT2D eigenvalue weighted by Crippen LogP contribution is 1.95. The summed E-state index contributed by atoms with van der Waals surface area (Å²) in [5, 5.41) is 2.61. The number of hydrogen-bond donors (Lipinski definition) is 3. The minimum absolute atomic E-state index is 0. The van der Waals surface area contributed by atoms with Crippen molar-refractivity contribution in [1.82, 2.24) is 15.3 Å². The molecule has 6 N–H and O–H groups in total. The molecule has 86 valence electrons. The van der Waals surface area contributed by atoms with Gasteiger partial charge < -0.3 is 21.5 Å². The van der Waals surface area contributed by atoms with Gasteiger partial charge in [-0.05, 0) is 0 Å². The van der Waals surface area contributed by atoms with Crippen molar-refractivity contribution in [2.75, 3.05) is 12.4 Å². The Labute approximate surface area is 92.5 Å². The predicted molar refractivity (Wildman–Crippen MR) is 57.6 cm³/mol. The molecule has 0 saturated heterocycles. The summed E-state index contributed by atoms with van der Waals surface area (Å²) in [5.74, 6) is 0.197. The number of hydrogen-bond acceptors (Lipinski definition) is 3. The van der Waals surface area contributed by atoms with Gasteiger partial charge in [-0.25, -0.2) is 4.98 Å². The summed E-state index contributed by atoms with van der Waals surface area (Å²) in [5.41, 5.74) is 6.49.